The van der Waals surface area contributed by atoms with E-state index in [0.717, 1.165) is 37.0 Å². The van der Waals surface area contributed by atoms with Crippen LogP contribution in [0.1, 0.15) is 6.42 Å². The van der Waals surface area contributed by atoms with Gasteiger partial charge in [-0.05, 0) is 12.3 Å². The molecule has 2 atom stereocenters. The molecule has 0 amide bonds. The van der Waals surface area contributed by atoms with Crippen LogP contribution in [0.5, 0.6) is 0 Å². The number of aromatic nitrogens is 4. The van der Waals surface area contributed by atoms with Crippen LogP contribution in [0.3, 0.4) is 0 Å². The molecule has 0 aromatic carbocycles. The number of fused-ring (bicyclic) bond motifs is 2. The zero-order chi connectivity index (χ0) is 11.2. The van der Waals surface area contributed by atoms with Gasteiger partial charge in [0.25, 0.3) is 0 Å². The highest BCUT2D eigenvalue weighted by molar-refractivity contribution is 5.64. The van der Waals surface area contributed by atoms with Crippen molar-refractivity contribution < 1.29 is 0 Å². The van der Waals surface area contributed by atoms with Crippen molar-refractivity contribution in [2.24, 2.45) is 5.92 Å². The lowest BCUT2D eigenvalue weighted by atomic mass is 10.1. The molecule has 1 N–H and O–H groups in total. The predicted molar refractivity (Wildman–Crippen MR) is 62.9 cm³/mol. The summed E-state index contributed by atoms with van der Waals surface area (Å²) in [5.41, 5.74) is 0.861. The van der Waals surface area contributed by atoms with Crippen molar-refractivity contribution in [2.75, 3.05) is 24.5 Å². The van der Waals surface area contributed by atoms with Gasteiger partial charge < -0.3 is 10.2 Å². The topological polar surface area (TPSA) is 58.4 Å². The maximum Gasteiger partial charge on any atom is 0.203 e. The molecule has 17 heavy (non-hydrogen) atoms. The predicted octanol–water partition coefficient (Wildman–Crippen LogP) is -0.0776. The van der Waals surface area contributed by atoms with Crippen LogP contribution in [0.15, 0.2) is 18.7 Å². The van der Waals surface area contributed by atoms with E-state index >= 15 is 0 Å². The molecule has 4 rings (SSSR count). The summed E-state index contributed by atoms with van der Waals surface area (Å²) in [5, 5.41) is 11.6. The van der Waals surface area contributed by atoms with Gasteiger partial charge in [-0.25, -0.2) is 4.98 Å². The highest BCUT2D eigenvalue weighted by Gasteiger charge is 2.38. The van der Waals surface area contributed by atoms with Gasteiger partial charge in [0, 0.05) is 38.1 Å². The van der Waals surface area contributed by atoms with Gasteiger partial charge in [-0.2, -0.15) is 0 Å². The average molecular weight is 230 g/mol. The molecule has 2 aromatic heterocycles. The number of rotatable bonds is 1. The second-order valence-electron chi connectivity index (χ2n) is 4.78. The van der Waals surface area contributed by atoms with E-state index in [-0.39, 0.29) is 0 Å². The van der Waals surface area contributed by atoms with Crippen molar-refractivity contribution in [1.82, 2.24) is 24.9 Å². The summed E-state index contributed by atoms with van der Waals surface area (Å²) in [6, 6.07) is 0.574. The fourth-order valence-corrected chi connectivity index (χ4v) is 3.06. The fraction of sp³-hybridized carbons (Fsp3) is 0.545. The molecule has 88 valence electrons. The number of anilines is 1. The summed E-state index contributed by atoms with van der Waals surface area (Å²) >= 11 is 0. The Balaban J connectivity index is 1.81. The molecule has 0 radical (unpaired) electrons. The SMILES string of the molecule is c1cn2cnnc2c(N2CC[C@H]3CNC[C@H]32)n1. The first-order valence-corrected chi connectivity index (χ1v) is 6.05. The van der Waals surface area contributed by atoms with E-state index in [1.807, 2.05) is 16.8 Å². The highest BCUT2D eigenvalue weighted by atomic mass is 15.3. The van der Waals surface area contributed by atoms with Gasteiger partial charge in [-0.15, -0.1) is 10.2 Å². The third-order valence-electron chi connectivity index (χ3n) is 3.91. The van der Waals surface area contributed by atoms with Gasteiger partial charge in [0.15, 0.2) is 5.82 Å². The quantitative estimate of drug-likeness (QED) is 0.742. The van der Waals surface area contributed by atoms with Crippen LogP contribution < -0.4 is 10.2 Å². The van der Waals surface area contributed by atoms with E-state index in [9.17, 15) is 0 Å². The molecule has 0 unspecified atom stereocenters. The maximum absolute atomic E-state index is 4.50. The molecule has 2 aromatic rings. The van der Waals surface area contributed by atoms with Crippen LogP contribution >= 0.6 is 0 Å². The molecule has 6 heteroatoms. The summed E-state index contributed by atoms with van der Waals surface area (Å²) in [7, 11) is 0. The Morgan fingerprint density at radius 1 is 1.35 bits per heavy atom. The summed E-state index contributed by atoms with van der Waals surface area (Å²) in [4.78, 5) is 6.88. The largest absolute Gasteiger partial charge is 0.349 e. The third-order valence-corrected chi connectivity index (χ3v) is 3.91. The lowest BCUT2D eigenvalue weighted by molar-refractivity contribution is 0.577. The van der Waals surface area contributed by atoms with Crippen molar-refractivity contribution in [2.45, 2.75) is 12.5 Å². The van der Waals surface area contributed by atoms with Gasteiger partial charge in [-0.1, -0.05) is 0 Å². The standard InChI is InChI=1S/C11H14N6/c1-3-17(9-6-12-5-8(1)9)10-11-15-14-7-16(11)4-2-13-10/h2,4,7-9,12H,1,3,5-6H2/t8-,9+/m0/s1. The van der Waals surface area contributed by atoms with Crippen LogP contribution in [-0.2, 0) is 0 Å². The molecule has 0 spiro atoms. The molecule has 2 aliphatic rings. The summed E-state index contributed by atoms with van der Waals surface area (Å²) < 4.78 is 1.93. The van der Waals surface area contributed by atoms with Gasteiger partial charge in [-0.3, -0.25) is 4.40 Å². The third kappa shape index (κ3) is 1.27. The Hall–Kier alpha value is -1.69. The van der Waals surface area contributed by atoms with E-state index in [2.05, 4.69) is 25.4 Å². The second-order valence-corrected chi connectivity index (χ2v) is 4.78. The molecule has 2 saturated heterocycles. The Morgan fingerprint density at radius 2 is 2.35 bits per heavy atom. The number of nitrogens with one attached hydrogen (secondary N) is 1. The number of hydrogen-bond donors (Lipinski definition) is 1. The molecule has 4 heterocycles. The van der Waals surface area contributed by atoms with Crippen LogP contribution in [0.25, 0.3) is 5.65 Å². The molecule has 2 aliphatic heterocycles. The van der Waals surface area contributed by atoms with Crippen LogP contribution in [-0.4, -0.2) is 45.3 Å². The van der Waals surface area contributed by atoms with Crippen molar-refractivity contribution in [3.8, 4) is 0 Å². The summed E-state index contributed by atoms with van der Waals surface area (Å²) in [6.07, 6.45) is 6.68. The Morgan fingerprint density at radius 3 is 3.35 bits per heavy atom. The summed E-state index contributed by atoms with van der Waals surface area (Å²) in [6.45, 7) is 3.27. The monoisotopic (exact) mass is 230 g/mol. The highest BCUT2D eigenvalue weighted by Crippen LogP contribution is 2.32. The van der Waals surface area contributed by atoms with Crippen molar-refractivity contribution in [3.05, 3.63) is 18.7 Å². The zero-order valence-electron chi connectivity index (χ0n) is 9.45. The van der Waals surface area contributed by atoms with E-state index in [1.54, 1.807) is 6.33 Å². The molecule has 2 fully saturated rings. The Bertz CT molecular complexity index is 550. The molecule has 0 saturated carbocycles. The van der Waals surface area contributed by atoms with Crippen molar-refractivity contribution >= 4 is 11.5 Å². The van der Waals surface area contributed by atoms with Crippen molar-refractivity contribution in [1.29, 1.82) is 0 Å². The van der Waals surface area contributed by atoms with Crippen molar-refractivity contribution in [3.63, 3.8) is 0 Å². The molecular weight excluding hydrogens is 216 g/mol. The van der Waals surface area contributed by atoms with E-state index in [0.29, 0.717) is 6.04 Å². The molecule has 0 aliphatic carbocycles. The van der Waals surface area contributed by atoms with Crippen LogP contribution in [0.2, 0.25) is 0 Å². The van der Waals surface area contributed by atoms with E-state index in [4.69, 9.17) is 0 Å². The second kappa shape index (κ2) is 3.40. The van der Waals surface area contributed by atoms with Gasteiger partial charge in [0.05, 0.1) is 0 Å². The van der Waals surface area contributed by atoms with Crippen LogP contribution in [0.4, 0.5) is 5.82 Å². The van der Waals surface area contributed by atoms with Gasteiger partial charge in [0.2, 0.25) is 5.65 Å². The van der Waals surface area contributed by atoms with Crippen LogP contribution in [0, 0.1) is 5.92 Å². The van der Waals surface area contributed by atoms with E-state index in [1.165, 1.54) is 6.42 Å². The minimum Gasteiger partial charge on any atom is -0.349 e. The summed E-state index contributed by atoms with van der Waals surface area (Å²) in [5.74, 6) is 1.74. The minimum atomic E-state index is 0.574. The average Bonchev–Trinajstić information content (AvgIpc) is 3.04. The zero-order valence-corrected chi connectivity index (χ0v) is 9.45. The lowest BCUT2D eigenvalue weighted by Gasteiger charge is -2.24. The fourth-order valence-electron chi connectivity index (χ4n) is 3.06. The lowest BCUT2D eigenvalue weighted by Crippen LogP contribution is -2.35. The normalized spacial score (nSPS) is 27.9. The first-order valence-electron chi connectivity index (χ1n) is 6.05. The number of nitrogens with zero attached hydrogens (tertiary/aromatic N) is 5. The van der Waals surface area contributed by atoms with Gasteiger partial charge in [0.1, 0.15) is 6.33 Å². The first kappa shape index (κ1) is 9.35. The molecular formula is C11H14N6. The van der Waals surface area contributed by atoms with E-state index < -0.39 is 0 Å². The Kier molecular flexibility index (Phi) is 1.87. The smallest absolute Gasteiger partial charge is 0.203 e. The van der Waals surface area contributed by atoms with Gasteiger partial charge >= 0.3 is 0 Å². The number of hydrogen-bond acceptors (Lipinski definition) is 5. The first-order chi connectivity index (χ1) is 8.43. The molecule has 6 nitrogen and oxygen atoms in total. The Labute approximate surface area is 98.7 Å². The molecule has 0 bridgehead atoms. The maximum atomic E-state index is 4.50. The minimum absolute atomic E-state index is 0.574.